The first-order valence-electron chi connectivity index (χ1n) is 8.05. The molecule has 0 saturated carbocycles. The van der Waals surface area contributed by atoms with Crippen molar-refractivity contribution in [2.24, 2.45) is 11.7 Å². The molecular weight excluding hydrogens is 327 g/mol. The van der Waals surface area contributed by atoms with Crippen LogP contribution >= 0.6 is 0 Å². The van der Waals surface area contributed by atoms with Crippen LogP contribution in [0.15, 0.2) is 34.9 Å². The van der Waals surface area contributed by atoms with Crippen molar-refractivity contribution in [2.75, 3.05) is 19.6 Å². The second kappa shape index (κ2) is 7.33. The van der Waals surface area contributed by atoms with Crippen molar-refractivity contribution < 1.29 is 18.4 Å². The van der Waals surface area contributed by atoms with Crippen LogP contribution in [0.25, 0.3) is 11.5 Å². The molecule has 0 aliphatic carbocycles. The van der Waals surface area contributed by atoms with Crippen molar-refractivity contribution in [2.45, 2.75) is 12.8 Å². The Balaban J connectivity index is 1.47. The predicted octanol–water partition coefficient (Wildman–Crippen LogP) is 1.54. The van der Waals surface area contributed by atoms with E-state index in [-0.39, 0.29) is 23.7 Å². The Morgan fingerprint density at radius 2 is 2.12 bits per heavy atom. The quantitative estimate of drug-likeness (QED) is 0.857. The summed E-state index contributed by atoms with van der Waals surface area (Å²) in [5, 5.41) is 2.79. The third-order valence-electron chi connectivity index (χ3n) is 4.18. The van der Waals surface area contributed by atoms with E-state index in [2.05, 4.69) is 10.3 Å². The van der Waals surface area contributed by atoms with Crippen molar-refractivity contribution in [1.29, 1.82) is 0 Å². The zero-order valence-corrected chi connectivity index (χ0v) is 13.6. The fourth-order valence-electron chi connectivity index (χ4n) is 2.73. The van der Waals surface area contributed by atoms with Gasteiger partial charge in [0.05, 0.1) is 11.6 Å². The standard InChI is InChI=1S/C17H19FN4O3/c18-13-3-1-11(2-4-13)16-21-14(10-25-16)5-7-20-17(24)22-8-6-12(9-22)15(19)23/h1-4,10,12H,5-9H2,(H2,19,23)(H,20,24). The van der Waals surface area contributed by atoms with Gasteiger partial charge in [0, 0.05) is 31.6 Å². The van der Waals surface area contributed by atoms with Crippen molar-refractivity contribution in [1.82, 2.24) is 15.2 Å². The highest BCUT2D eigenvalue weighted by Crippen LogP contribution is 2.19. The van der Waals surface area contributed by atoms with E-state index in [9.17, 15) is 14.0 Å². The Hall–Kier alpha value is -2.90. The first-order valence-corrected chi connectivity index (χ1v) is 8.05. The van der Waals surface area contributed by atoms with E-state index in [0.29, 0.717) is 49.6 Å². The molecule has 3 rings (SSSR count). The summed E-state index contributed by atoms with van der Waals surface area (Å²) in [6.07, 6.45) is 2.63. The van der Waals surface area contributed by atoms with Crippen molar-refractivity contribution in [3.05, 3.63) is 42.0 Å². The Morgan fingerprint density at radius 1 is 1.36 bits per heavy atom. The summed E-state index contributed by atoms with van der Waals surface area (Å²) in [7, 11) is 0. The molecule has 1 aliphatic rings. The minimum atomic E-state index is -0.369. The van der Waals surface area contributed by atoms with Gasteiger partial charge in [0.2, 0.25) is 11.8 Å². The average molecular weight is 346 g/mol. The highest BCUT2D eigenvalue weighted by Gasteiger charge is 2.29. The number of primary amides is 1. The predicted molar refractivity (Wildman–Crippen MR) is 87.9 cm³/mol. The number of hydrogen-bond donors (Lipinski definition) is 2. The number of nitrogens with zero attached hydrogens (tertiary/aromatic N) is 2. The van der Waals surface area contributed by atoms with Crippen molar-refractivity contribution in [3.63, 3.8) is 0 Å². The maximum Gasteiger partial charge on any atom is 0.317 e. The molecule has 132 valence electrons. The molecule has 1 fully saturated rings. The second-order valence-corrected chi connectivity index (χ2v) is 5.97. The van der Waals surface area contributed by atoms with Crippen molar-refractivity contribution in [3.8, 4) is 11.5 Å². The van der Waals surface area contributed by atoms with Crippen LogP contribution in [0.3, 0.4) is 0 Å². The van der Waals surface area contributed by atoms with Crippen LogP contribution in [0.5, 0.6) is 0 Å². The van der Waals surface area contributed by atoms with Crippen molar-refractivity contribution >= 4 is 11.9 Å². The molecule has 0 bridgehead atoms. The van der Waals surface area contributed by atoms with Crippen LogP contribution in [0.2, 0.25) is 0 Å². The molecule has 1 aromatic heterocycles. The van der Waals surface area contributed by atoms with Crippen LogP contribution in [-0.2, 0) is 11.2 Å². The lowest BCUT2D eigenvalue weighted by Crippen LogP contribution is -2.40. The van der Waals surface area contributed by atoms with Crippen LogP contribution in [0.1, 0.15) is 12.1 Å². The molecular formula is C17H19FN4O3. The number of benzene rings is 1. The van der Waals surface area contributed by atoms with Gasteiger partial charge in [-0.15, -0.1) is 0 Å². The van der Waals surface area contributed by atoms with Gasteiger partial charge in [-0.05, 0) is 30.7 Å². The molecule has 8 heteroatoms. The van der Waals surface area contributed by atoms with Crippen LogP contribution in [0.4, 0.5) is 9.18 Å². The Bertz CT molecular complexity index is 760. The molecule has 3 N–H and O–H groups in total. The van der Waals surface area contributed by atoms with Gasteiger partial charge in [0.15, 0.2) is 0 Å². The monoisotopic (exact) mass is 346 g/mol. The van der Waals surface area contributed by atoms with E-state index in [4.69, 9.17) is 10.2 Å². The second-order valence-electron chi connectivity index (χ2n) is 5.97. The lowest BCUT2D eigenvalue weighted by molar-refractivity contribution is -0.121. The minimum absolute atomic E-state index is 0.217. The zero-order valence-electron chi connectivity index (χ0n) is 13.6. The molecule has 1 saturated heterocycles. The lowest BCUT2D eigenvalue weighted by atomic mass is 10.1. The molecule has 1 unspecified atom stereocenters. The summed E-state index contributed by atoms with van der Waals surface area (Å²) in [4.78, 5) is 29.1. The summed E-state index contributed by atoms with van der Waals surface area (Å²) in [6.45, 7) is 1.28. The summed E-state index contributed by atoms with van der Waals surface area (Å²) >= 11 is 0. The number of amides is 3. The molecule has 1 aliphatic heterocycles. The topological polar surface area (TPSA) is 101 Å². The number of rotatable bonds is 5. The third-order valence-corrected chi connectivity index (χ3v) is 4.18. The average Bonchev–Trinajstić information content (AvgIpc) is 3.25. The number of oxazole rings is 1. The summed E-state index contributed by atoms with van der Waals surface area (Å²) in [6, 6.07) is 5.65. The molecule has 25 heavy (non-hydrogen) atoms. The highest BCUT2D eigenvalue weighted by atomic mass is 19.1. The largest absolute Gasteiger partial charge is 0.444 e. The Morgan fingerprint density at radius 3 is 2.80 bits per heavy atom. The molecule has 3 amide bonds. The number of carbonyl (C=O) groups excluding carboxylic acids is 2. The molecule has 2 aromatic rings. The number of nitrogens with two attached hydrogens (primary N) is 1. The van der Waals surface area contributed by atoms with E-state index in [1.165, 1.54) is 18.4 Å². The van der Waals surface area contributed by atoms with E-state index in [0.717, 1.165) is 0 Å². The molecule has 1 aromatic carbocycles. The normalized spacial score (nSPS) is 16.8. The minimum Gasteiger partial charge on any atom is -0.444 e. The number of likely N-dealkylation sites (tertiary alicyclic amines) is 1. The van der Waals surface area contributed by atoms with Gasteiger partial charge in [-0.1, -0.05) is 0 Å². The molecule has 1 atom stereocenters. The number of nitrogens with one attached hydrogen (secondary N) is 1. The van der Waals surface area contributed by atoms with Gasteiger partial charge in [-0.2, -0.15) is 0 Å². The van der Waals surface area contributed by atoms with Gasteiger partial charge in [-0.3, -0.25) is 4.79 Å². The smallest absolute Gasteiger partial charge is 0.317 e. The summed E-state index contributed by atoms with van der Waals surface area (Å²) in [5.41, 5.74) is 6.64. The van der Waals surface area contributed by atoms with E-state index >= 15 is 0 Å². The summed E-state index contributed by atoms with van der Waals surface area (Å²) in [5.74, 6) is -0.547. The number of carbonyl (C=O) groups is 2. The lowest BCUT2D eigenvalue weighted by Gasteiger charge is -2.16. The zero-order chi connectivity index (χ0) is 17.8. The first kappa shape index (κ1) is 16.9. The SMILES string of the molecule is NC(=O)C1CCN(C(=O)NCCc2coc(-c3ccc(F)cc3)n2)C1. The molecule has 0 radical (unpaired) electrons. The number of hydrogen-bond acceptors (Lipinski definition) is 4. The summed E-state index contributed by atoms with van der Waals surface area (Å²) < 4.78 is 18.3. The van der Waals surface area contributed by atoms with Gasteiger partial charge >= 0.3 is 6.03 Å². The van der Waals surface area contributed by atoms with Gasteiger partial charge in [0.1, 0.15) is 12.1 Å². The molecule has 2 heterocycles. The van der Waals surface area contributed by atoms with Crippen LogP contribution in [0, 0.1) is 11.7 Å². The fourth-order valence-corrected chi connectivity index (χ4v) is 2.73. The van der Waals surface area contributed by atoms with Gasteiger partial charge in [-0.25, -0.2) is 14.2 Å². The number of urea groups is 1. The number of halogens is 1. The van der Waals surface area contributed by atoms with Gasteiger partial charge < -0.3 is 20.4 Å². The van der Waals surface area contributed by atoms with E-state index in [1.807, 2.05) is 0 Å². The fraction of sp³-hybridized carbons (Fsp3) is 0.353. The maximum atomic E-state index is 12.9. The van der Waals surface area contributed by atoms with Gasteiger partial charge in [0.25, 0.3) is 0 Å². The first-order chi connectivity index (χ1) is 12.0. The van der Waals surface area contributed by atoms with Crippen LogP contribution in [-0.4, -0.2) is 41.5 Å². The molecule has 0 spiro atoms. The highest BCUT2D eigenvalue weighted by molar-refractivity contribution is 5.80. The Kier molecular flexibility index (Phi) is 4.97. The van der Waals surface area contributed by atoms with Crippen LogP contribution < -0.4 is 11.1 Å². The Labute approximate surface area is 144 Å². The van der Waals surface area contributed by atoms with E-state index < -0.39 is 0 Å². The van der Waals surface area contributed by atoms with E-state index in [1.54, 1.807) is 17.0 Å². The number of aromatic nitrogens is 1. The molecule has 7 nitrogen and oxygen atoms in total. The third kappa shape index (κ3) is 4.14. The maximum absolute atomic E-state index is 12.9.